The maximum Gasteiger partial charge on any atom is 0.255 e. The Morgan fingerprint density at radius 2 is 1.74 bits per heavy atom. The molecule has 31 heavy (non-hydrogen) atoms. The van der Waals surface area contributed by atoms with E-state index in [1.54, 1.807) is 42.5 Å². The number of hydrogen-bond donors (Lipinski definition) is 1. The van der Waals surface area contributed by atoms with Gasteiger partial charge in [-0.15, -0.1) is 0 Å². The monoisotopic (exact) mass is 432 g/mol. The fourth-order valence-corrected chi connectivity index (χ4v) is 3.43. The SMILES string of the molecule is COc1ccc(NC(=O)c2ccc(Cl)c(-c3ccc(-c4ccccc4)c(F)c3)c2)cn1. The second-order valence-electron chi connectivity index (χ2n) is 6.80. The molecule has 4 aromatic rings. The van der Waals surface area contributed by atoms with Crippen molar-refractivity contribution in [1.82, 2.24) is 4.98 Å². The van der Waals surface area contributed by atoms with Gasteiger partial charge in [-0.1, -0.05) is 54.1 Å². The number of nitrogens with zero attached hydrogens (tertiary/aromatic N) is 1. The summed E-state index contributed by atoms with van der Waals surface area (Å²) in [6.07, 6.45) is 1.51. The molecular formula is C25H18ClFN2O2. The maximum atomic E-state index is 14.8. The van der Waals surface area contributed by atoms with Crippen LogP contribution < -0.4 is 10.1 Å². The molecule has 1 heterocycles. The number of halogens is 2. The molecular weight excluding hydrogens is 415 g/mol. The lowest BCUT2D eigenvalue weighted by atomic mass is 9.98. The van der Waals surface area contributed by atoms with Crippen molar-refractivity contribution >= 4 is 23.2 Å². The van der Waals surface area contributed by atoms with Crippen molar-refractivity contribution in [2.75, 3.05) is 12.4 Å². The van der Waals surface area contributed by atoms with Gasteiger partial charge < -0.3 is 10.1 Å². The van der Waals surface area contributed by atoms with E-state index in [1.807, 2.05) is 30.3 Å². The van der Waals surface area contributed by atoms with Gasteiger partial charge in [-0.05, 0) is 41.5 Å². The molecule has 0 spiro atoms. The number of carbonyl (C=O) groups is 1. The van der Waals surface area contributed by atoms with Gasteiger partial charge in [-0.3, -0.25) is 4.79 Å². The van der Waals surface area contributed by atoms with Crippen molar-refractivity contribution in [3.8, 4) is 28.1 Å². The lowest BCUT2D eigenvalue weighted by molar-refractivity contribution is 0.102. The van der Waals surface area contributed by atoms with Crippen molar-refractivity contribution in [2.45, 2.75) is 0 Å². The average molecular weight is 433 g/mol. The molecule has 1 aromatic heterocycles. The first-order valence-corrected chi connectivity index (χ1v) is 9.89. The van der Waals surface area contributed by atoms with Gasteiger partial charge in [0.25, 0.3) is 5.91 Å². The Labute approximate surface area is 184 Å². The Bertz CT molecular complexity index is 1230. The molecule has 0 unspecified atom stereocenters. The van der Waals surface area contributed by atoms with Crippen molar-refractivity contribution < 1.29 is 13.9 Å². The minimum absolute atomic E-state index is 0.328. The Kier molecular flexibility index (Phi) is 5.96. The zero-order valence-electron chi connectivity index (χ0n) is 16.6. The largest absolute Gasteiger partial charge is 0.481 e. The molecule has 4 nitrogen and oxygen atoms in total. The summed E-state index contributed by atoms with van der Waals surface area (Å²) in [4.78, 5) is 16.7. The van der Waals surface area contributed by atoms with E-state index in [0.29, 0.717) is 38.8 Å². The van der Waals surface area contributed by atoms with Crippen LogP contribution in [0.4, 0.5) is 10.1 Å². The van der Waals surface area contributed by atoms with Crippen molar-refractivity contribution in [3.05, 3.63) is 101 Å². The number of aromatic nitrogens is 1. The zero-order valence-corrected chi connectivity index (χ0v) is 17.4. The van der Waals surface area contributed by atoms with Gasteiger partial charge in [-0.25, -0.2) is 9.37 Å². The predicted molar refractivity (Wildman–Crippen MR) is 121 cm³/mol. The number of ether oxygens (including phenoxy) is 1. The summed E-state index contributed by atoms with van der Waals surface area (Å²) in [5, 5.41) is 3.20. The highest BCUT2D eigenvalue weighted by Gasteiger charge is 2.13. The van der Waals surface area contributed by atoms with Crippen molar-refractivity contribution in [2.24, 2.45) is 0 Å². The predicted octanol–water partition coefficient (Wildman–Crippen LogP) is 6.47. The number of carbonyl (C=O) groups excluding carboxylic acids is 1. The summed E-state index contributed by atoms with van der Waals surface area (Å²) in [5.74, 6) is -0.238. The molecule has 154 valence electrons. The van der Waals surface area contributed by atoms with Crippen molar-refractivity contribution in [1.29, 1.82) is 0 Å². The molecule has 0 aliphatic heterocycles. The Morgan fingerprint density at radius 1 is 0.935 bits per heavy atom. The maximum absolute atomic E-state index is 14.8. The van der Waals surface area contributed by atoms with Crippen LogP contribution in [0.5, 0.6) is 5.88 Å². The molecule has 0 bridgehead atoms. The molecule has 1 amide bonds. The first-order valence-electron chi connectivity index (χ1n) is 9.51. The van der Waals surface area contributed by atoms with Crippen LogP contribution in [0.3, 0.4) is 0 Å². The smallest absolute Gasteiger partial charge is 0.255 e. The normalized spacial score (nSPS) is 10.5. The summed E-state index contributed by atoms with van der Waals surface area (Å²) in [7, 11) is 1.52. The second-order valence-corrected chi connectivity index (χ2v) is 7.21. The molecule has 4 rings (SSSR count). The van der Waals surface area contributed by atoms with E-state index in [-0.39, 0.29) is 11.7 Å². The average Bonchev–Trinajstić information content (AvgIpc) is 2.80. The zero-order chi connectivity index (χ0) is 21.8. The Hall–Kier alpha value is -3.70. The molecule has 0 atom stereocenters. The standard InChI is InChI=1S/C25H18ClFN2O2/c1-31-24-12-9-19(15-28-24)29-25(30)18-8-11-22(26)21(13-18)17-7-10-20(23(27)14-17)16-5-3-2-4-6-16/h2-15H,1H3,(H,29,30). The van der Waals surface area contributed by atoms with Crippen LogP contribution >= 0.6 is 11.6 Å². The van der Waals surface area contributed by atoms with Crippen LogP contribution in [-0.4, -0.2) is 18.0 Å². The molecule has 0 radical (unpaired) electrons. The highest BCUT2D eigenvalue weighted by atomic mass is 35.5. The molecule has 1 N–H and O–H groups in total. The molecule has 0 aliphatic carbocycles. The van der Waals surface area contributed by atoms with Gasteiger partial charge >= 0.3 is 0 Å². The molecule has 0 aliphatic rings. The first-order chi connectivity index (χ1) is 15.0. The Balaban J connectivity index is 1.61. The van der Waals surface area contributed by atoms with Crippen LogP contribution in [0.25, 0.3) is 22.3 Å². The van der Waals surface area contributed by atoms with Gasteiger partial charge in [0.2, 0.25) is 5.88 Å². The second kappa shape index (κ2) is 8.98. The van der Waals surface area contributed by atoms with Crippen LogP contribution in [0.1, 0.15) is 10.4 Å². The summed E-state index contributed by atoms with van der Waals surface area (Å²) in [5.41, 5.74) is 3.37. The van der Waals surface area contributed by atoms with E-state index in [0.717, 1.165) is 5.56 Å². The minimum Gasteiger partial charge on any atom is -0.481 e. The van der Waals surface area contributed by atoms with Gasteiger partial charge in [0, 0.05) is 27.8 Å². The van der Waals surface area contributed by atoms with Gasteiger partial charge in [0.05, 0.1) is 19.0 Å². The summed E-state index contributed by atoms with van der Waals surface area (Å²) in [6.45, 7) is 0. The lowest BCUT2D eigenvalue weighted by Gasteiger charge is -2.11. The quantitative estimate of drug-likeness (QED) is 0.393. The highest BCUT2D eigenvalue weighted by molar-refractivity contribution is 6.33. The third-order valence-corrected chi connectivity index (χ3v) is 5.13. The number of pyridine rings is 1. The highest BCUT2D eigenvalue weighted by Crippen LogP contribution is 2.32. The fourth-order valence-electron chi connectivity index (χ4n) is 3.20. The number of rotatable bonds is 5. The topological polar surface area (TPSA) is 51.2 Å². The van der Waals surface area contributed by atoms with E-state index in [2.05, 4.69) is 10.3 Å². The van der Waals surface area contributed by atoms with E-state index in [4.69, 9.17) is 16.3 Å². The number of anilines is 1. The minimum atomic E-state index is -0.362. The Morgan fingerprint density at radius 3 is 2.42 bits per heavy atom. The summed E-state index contributed by atoms with van der Waals surface area (Å²) in [6, 6.07) is 22.5. The third-order valence-electron chi connectivity index (χ3n) is 4.80. The third kappa shape index (κ3) is 4.57. The van der Waals surface area contributed by atoms with E-state index in [9.17, 15) is 9.18 Å². The van der Waals surface area contributed by atoms with Gasteiger partial charge in [-0.2, -0.15) is 0 Å². The molecule has 0 saturated carbocycles. The fraction of sp³-hybridized carbons (Fsp3) is 0.0400. The number of hydrogen-bond acceptors (Lipinski definition) is 3. The molecule has 3 aromatic carbocycles. The summed E-state index contributed by atoms with van der Waals surface area (Å²) < 4.78 is 19.8. The van der Waals surface area contributed by atoms with E-state index < -0.39 is 0 Å². The molecule has 0 saturated heterocycles. The summed E-state index contributed by atoms with van der Waals surface area (Å²) >= 11 is 6.36. The number of amides is 1. The van der Waals surface area contributed by atoms with Crippen LogP contribution in [-0.2, 0) is 0 Å². The van der Waals surface area contributed by atoms with E-state index >= 15 is 0 Å². The molecule has 6 heteroatoms. The van der Waals surface area contributed by atoms with Crippen LogP contribution in [0, 0.1) is 5.82 Å². The van der Waals surface area contributed by atoms with Crippen LogP contribution in [0.15, 0.2) is 85.1 Å². The van der Waals surface area contributed by atoms with Gasteiger partial charge in [0.15, 0.2) is 0 Å². The van der Waals surface area contributed by atoms with Crippen molar-refractivity contribution in [3.63, 3.8) is 0 Å². The van der Waals surface area contributed by atoms with E-state index in [1.165, 1.54) is 19.4 Å². The number of methoxy groups -OCH3 is 1. The number of benzene rings is 3. The molecule has 0 fully saturated rings. The number of nitrogens with one attached hydrogen (secondary N) is 1. The van der Waals surface area contributed by atoms with Gasteiger partial charge in [0.1, 0.15) is 5.82 Å². The first kappa shape index (κ1) is 20.6. The van der Waals surface area contributed by atoms with Crippen LogP contribution in [0.2, 0.25) is 5.02 Å². The lowest BCUT2D eigenvalue weighted by Crippen LogP contribution is -2.12.